The van der Waals surface area contributed by atoms with Gasteiger partial charge in [0.25, 0.3) is 12.3 Å². The van der Waals surface area contributed by atoms with E-state index in [9.17, 15) is 13.6 Å². The number of alkyl halides is 3. The molecule has 3 nitrogen and oxygen atoms in total. The van der Waals surface area contributed by atoms with Crippen molar-refractivity contribution in [3.8, 4) is 0 Å². The van der Waals surface area contributed by atoms with Crippen LogP contribution in [0.2, 0.25) is 0 Å². The van der Waals surface area contributed by atoms with Crippen molar-refractivity contribution in [2.75, 3.05) is 0 Å². The van der Waals surface area contributed by atoms with Crippen LogP contribution >= 0.6 is 11.6 Å². The van der Waals surface area contributed by atoms with Crippen LogP contribution in [0, 0.1) is 0 Å². The Labute approximate surface area is 83.9 Å². The summed E-state index contributed by atoms with van der Waals surface area (Å²) >= 11 is 5.46. The first-order chi connectivity index (χ1) is 6.54. The fourth-order valence-electron chi connectivity index (χ4n) is 0.926. The van der Waals surface area contributed by atoms with Gasteiger partial charge in [-0.25, -0.2) is 13.8 Å². The van der Waals surface area contributed by atoms with E-state index < -0.39 is 18.0 Å². The van der Waals surface area contributed by atoms with E-state index in [0.29, 0.717) is 5.56 Å². The summed E-state index contributed by atoms with van der Waals surface area (Å²) in [6.45, 7) is 0. The molecule has 1 aromatic heterocycles. The Balaban J connectivity index is 3.20. The molecule has 1 aromatic rings. The SMILES string of the molecule is NC(=O)c1cc(CCl)cc(C(F)F)n1. The number of nitrogens with two attached hydrogens (primary N) is 1. The number of hydrogen-bond acceptors (Lipinski definition) is 2. The number of halogens is 3. The number of primary amides is 1. The van der Waals surface area contributed by atoms with Gasteiger partial charge in [0.1, 0.15) is 11.4 Å². The highest BCUT2D eigenvalue weighted by atomic mass is 35.5. The number of aromatic nitrogens is 1. The number of amides is 1. The largest absolute Gasteiger partial charge is 0.364 e. The maximum Gasteiger partial charge on any atom is 0.280 e. The quantitative estimate of drug-likeness (QED) is 0.791. The van der Waals surface area contributed by atoms with Crippen molar-refractivity contribution in [1.29, 1.82) is 0 Å². The number of pyridine rings is 1. The van der Waals surface area contributed by atoms with Gasteiger partial charge < -0.3 is 5.73 Å². The highest BCUT2D eigenvalue weighted by molar-refractivity contribution is 6.17. The third-order valence-electron chi connectivity index (χ3n) is 1.54. The van der Waals surface area contributed by atoms with Crippen LogP contribution in [0.25, 0.3) is 0 Å². The van der Waals surface area contributed by atoms with Gasteiger partial charge in [-0.15, -0.1) is 11.6 Å². The summed E-state index contributed by atoms with van der Waals surface area (Å²) in [6.07, 6.45) is -2.74. The van der Waals surface area contributed by atoms with Gasteiger partial charge in [-0.05, 0) is 17.7 Å². The molecule has 0 spiro atoms. The van der Waals surface area contributed by atoms with E-state index in [4.69, 9.17) is 17.3 Å². The van der Waals surface area contributed by atoms with Gasteiger partial charge in [0, 0.05) is 5.88 Å². The number of nitrogens with zero attached hydrogens (tertiary/aromatic N) is 1. The topological polar surface area (TPSA) is 56.0 Å². The molecule has 0 unspecified atom stereocenters. The van der Waals surface area contributed by atoms with Crippen LogP contribution < -0.4 is 5.73 Å². The zero-order valence-electron chi connectivity index (χ0n) is 7.01. The first kappa shape index (κ1) is 10.8. The standard InChI is InChI=1S/C8H7ClF2N2O/c9-3-4-1-5(7(10)11)13-6(2-4)8(12)14/h1-2,7H,3H2,(H2,12,14). The molecular weight excluding hydrogens is 214 g/mol. The van der Waals surface area contributed by atoms with Crippen LogP contribution in [0.4, 0.5) is 8.78 Å². The molecule has 0 atom stereocenters. The zero-order chi connectivity index (χ0) is 10.7. The molecule has 0 aromatic carbocycles. The minimum absolute atomic E-state index is 0.0303. The number of rotatable bonds is 3. The lowest BCUT2D eigenvalue weighted by Crippen LogP contribution is -2.14. The Kier molecular flexibility index (Phi) is 3.35. The fraction of sp³-hybridized carbons (Fsp3) is 0.250. The first-order valence-electron chi connectivity index (χ1n) is 3.69. The van der Waals surface area contributed by atoms with Crippen molar-refractivity contribution in [3.05, 3.63) is 29.1 Å². The molecule has 0 radical (unpaired) electrons. The van der Waals surface area contributed by atoms with Crippen molar-refractivity contribution in [2.45, 2.75) is 12.3 Å². The highest BCUT2D eigenvalue weighted by Crippen LogP contribution is 2.19. The predicted molar refractivity (Wildman–Crippen MR) is 47.3 cm³/mol. The second kappa shape index (κ2) is 4.32. The van der Waals surface area contributed by atoms with Gasteiger partial charge in [-0.3, -0.25) is 4.79 Å². The normalized spacial score (nSPS) is 10.6. The molecule has 0 aliphatic rings. The highest BCUT2D eigenvalue weighted by Gasteiger charge is 2.13. The van der Waals surface area contributed by atoms with Crippen LogP contribution in [0.3, 0.4) is 0 Å². The Bertz CT molecular complexity index is 357. The van der Waals surface area contributed by atoms with Crippen molar-refractivity contribution in [3.63, 3.8) is 0 Å². The Morgan fingerprint density at radius 2 is 2.21 bits per heavy atom. The van der Waals surface area contributed by atoms with E-state index in [-0.39, 0.29) is 11.6 Å². The van der Waals surface area contributed by atoms with E-state index in [2.05, 4.69) is 4.98 Å². The maximum absolute atomic E-state index is 12.3. The van der Waals surface area contributed by atoms with E-state index in [1.807, 2.05) is 0 Å². The van der Waals surface area contributed by atoms with Crippen molar-refractivity contribution in [1.82, 2.24) is 4.98 Å². The molecule has 0 saturated carbocycles. The van der Waals surface area contributed by atoms with Crippen LogP contribution in [0.15, 0.2) is 12.1 Å². The molecular formula is C8H7ClF2N2O. The molecule has 1 heterocycles. The fourth-order valence-corrected chi connectivity index (χ4v) is 1.08. The van der Waals surface area contributed by atoms with E-state index in [0.717, 1.165) is 6.07 Å². The predicted octanol–water partition coefficient (Wildman–Crippen LogP) is 1.86. The summed E-state index contributed by atoms with van der Waals surface area (Å²) in [7, 11) is 0. The molecule has 0 aliphatic carbocycles. The van der Waals surface area contributed by atoms with Gasteiger partial charge in [0.05, 0.1) is 0 Å². The Morgan fingerprint density at radius 1 is 1.57 bits per heavy atom. The smallest absolute Gasteiger partial charge is 0.280 e. The lowest BCUT2D eigenvalue weighted by molar-refractivity contribution is 0.0993. The molecule has 0 fully saturated rings. The van der Waals surface area contributed by atoms with Gasteiger partial charge in [0.15, 0.2) is 0 Å². The lowest BCUT2D eigenvalue weighted by Gasteiger charge is -2.03. The minimum Gasteiger partial charge on any atom is -0.364 e. The second-order valence-corrected chi connectivity index (χ2v) is 2.85. The molecule has 0 bridgehead atoms. The molecule has 14 heavy (non-hydrogen) atoms. The first-order valence-corrected chi connectivity index (χ1v) is 4.23. The van der Waals surface area contributed by atoms with Crippen molar-refractivity contribution < 1.29 is 13.6 Å². The van der Waals surface area contributed by atoms with Crippen LogP contribution in [-0.4, -0.2) is 10.9 Å². The summed E-state index contributed by atoms with van der Waals surface area (Å²) in [4.78, 5) is 14.1. The third kappa shape index (κ3) is 2.38. The number of carbonyl (C=O) groups excluding carboxylic acids is 1. The van der Waals surface area contributed by atoms with E-state index in [1.54, 1.807) is 0 Å². The molecule has 6 heteroatoms. The van der Waals surface area contributed by atoms with Crippen molar-refractivity contribution in [2.24, 2.45) is 5.73 Å². The average Bonchev–Trinajstić information content (AvgIpc) is 2.16. The van der Waals surface area contributed by atoms with Gasteiger partial charge >= 0.3 is 0 Å². The van der Waals surface area contributed by atoms with Gasteiger partial charge in [-0.2, -0.15) is 0 Å². The molecule has 1 rings (SSSR count). The third-order valence-corrected chi connectivity index (χ3v) is 1.84. The van der Waals surface area contributed by atoms with Gasteiger partial charge in [0.2, 0.25) is 0 Å². The Morgan fingerprint density at radius 3 is 2.64 bits per heavy atom. The van der Waals surface area contributed by atoms with Gasteiger partial charge in [-0.1, -0.05) is 0 Å². The monoisotopic (exact) mass is 220 g/mol. The summed E-state index contributed by atoms with van der Waals surface area (Å²) in [5.41, 5.74) is 4.63. The molecule has 2 N–H and O–H groups in total. The van der Waals surface area contributed by atoms with E-state index >= 15 is 0 Å². The van der Waals surface area contributed by atoms with E-state index in [1.165, 1.54) is 6.07 Å². The Hall–Kier alpha value is -1.23. The zero-order valence-corrected chi connectivity index (χ0v) is 7.76. The van der Waals surface area contributed by atoms with Crippen LogP contribution in [0.1, 0.15) is 28.2 Å². The minimum atomic E-state index is -2.74. The average molecular weight is 221 g/mol. The molecule has 76 valence electrons. The van der Waals surface area contributed by atoms with Crippen molar-refractivity contribution >= 4 is 17.5 Å². The van der Waals surface area contributed by atoms with Crippen LogP contribution in [-0.2, 0) is 5.88 Å². The molecule has 0 saturated heterocycles. The second-order valence-electron chi connectivity index (χ2n) is 2.58. The lowest BCUT2D eigenvalue weighted by atomic mass is 10.2. The summed E-state index contributed by atoms with van der Waals surface area (Å²) in [6, 6.07) is 2.44. The van der Waals surface area contributed by atoms with Crippen LogP contribution in [0.5, 0.6) is 0 Å². The summed E-state index contributed by atoms with van der Waals surface area (Å²) in [5, 5.41) is 0. The molecule has 1 amide bonds. The number of hydrogen-bond donors (Lipinski definition) is 1. The number of carbonyl (C=O) groups is 1. The molecule has 0 aliphatic heterocycles. The summed E-state index contributed by atoms with van der Waals surface area (Å²) in [5.74, 6) is -0.818. The summed E-state index contributed by atoms with van der Waals surface area (Å²) < 4.78 is 24.5. The maximum atomic E-state index is 12.3.